The smallest absolute Gasteiger partial charge is 0.159 e. The van der Waals surface area contributed by atoms with E-state index in [1.807, 2.05) is 0 Å². The van der Waals surface area contributed by atoms with Gasteiger partial charge in [-0.15, -0.1) is 0 Å². The molecule has 0 radical (unpaired) electrons. The van der Waals surface area contributed by atoms with Crippen molar-refractivity contribution in [2.75, 3.05) is 0 Å². The van der Waals surface area contributed by atoms with Crippen LogP contribution < -0.4 is 5.73 Å². The number of rotatable bonds is 34. The number of unbranched alkanes of at least 4 members (excludes halogenated alkanes) is 28. The Morgan fingerprint density at radius 1 is 0.366 bits per heavy atom. The van der Waals surface area contributed by atoms with Gasteiger partial charge in [-0.05, 0) is 19.8 Å². The minimum absolute atomic E-state index is 0.0573. The molecule has 3 nitrogen and oxygen atoms in total. The molecule has 0 heterocycles. The van der Waals surface area contributed by atoms with Crippen LogP contribution in [-0.2, 0) is 9.59 Å². The molecule has 0 unspecified atom stereocenters. The molecule has 0 rings (SSSR count). The van der Waals surface area contributed by atoms with Crippen LogP contribution in [0.3, 0.4) is 0 Å². The molecule has 0 bridgehead atoms. The van der Waals surface area contributed by atoms with Crippen LogP contribution in [0.4, 0.5) is 0 Å². The van der Waals surface area contributed by atoms with Crippen LogP contribution in [0, 0.1) is 0 Å². The minimum Gasteiger partial charge on any atom is -0.313 e. The number of hydrogen-bond donors (Lipinski definition) is 1. The number of Topliss-reactive ketones (excluding diaryl/α,β-unsaturated/α-hetero) is 2. The molecule has 0 aromatic heterocycles. The van der Waals surface area contributed by atoms with Crippen LogP contribution in [0.2, 0.25) is 0 Å². The van der Waals surface area contributed by atoms with Gasteiger partial charge >= 0.3 is 0 Å². The lowest BCUT2D eigenvalue weighted by molar-refractivity contribution is -0.134. The zero-order valence-corrected chi connectivity index (χ0v) is 28.5. The van der Waals surface area contributed by atoms with Crippen molar-refractivity contribution < 1.29 is 9.59 Å². The summed E-state index contributed by atoms with van der Waals surface area (Å²) < 4.78 is 0. The van der Waals surface area contributed by atoms with Gasteiger partial charge in [0, 0.05) is 12.8 Å². The van der Waals surface area contributed by atoms with E-state index in [1.165, 1.54) is 167 Å². The molecule has 3 heteroatoms. The average molecular weight is 578 g/mol. The highest BCUT2D eigenvalue weighted by molar-refractivity contribution is 6.10. The summed E-state index contributed by atoms with van der Waals surface area (Å²) in [6.07, 6.45) is 40.2. The van der Waals surface area contributed by atoms with Crippen LogP contribution in [0.1, 0.15) is 226 Å². The maximum absolute atomic E-state index is 12.7. The summed E-state index contributed by atoms with van der Waals surface area (Å²) >= 11 is 0. The van der Waals surface area contributed by atoms with E-state index in [1.54, 1.807) is 6.92 Å². The molecular weight excluding hydrogens is 502 g/mol. The molecule has 0 aliphatic carbocycles. The monoisotopic (exact) mass is 578 g/mol. The van der Waals surface area contributed by atoms with E-state index in [0.29, 0.717) is 12.8 Å². The fraction of sp³-hybridized carbons (Fsp3) is 0.947. The van der Waals surface area contributed by atoms with Gasteiger partial charge in [0.25, 0.3) is 0 Å². The van der Waals surface area contributed by atoms with E-state index in [-0.39, 0.29) is 11.6 Å². The number of hydrogen-bond acceptors (Lipinski definition) is 3. The van der Waals surface area contributed by atoms with Crippen molar-refractivity contribution in [2.24, 2.45) is 5.73 Å². The zero-order valence-electron chi connectivity index (χ0n) is 28.5. The first-order chi connectivity index (χ1) is 20.0. The highest BCUT2D eigenvalue weighted by atomic mass is 16.2. The zero-order chi connectivity index (χ0) is 30.3. The number of carbonyl (C=O) groups excluding carboxylic acids is 2. The Hall–Kier alpha value is -0.700. The molecule has 0 aliphatic rings. The predicted molar refractivity (Wildman–Crippen MR) is 182 cm³/mol. The lowest BCUT2D eigenvalue weighted by Crippen LogP contribution is -2.52. The van der Waals surface area contributed by atoms with Crippen LogP contribution in [0.15, 0.2) is 0 Å². The summed E-state index contributed by atoms with van der Waals surface area (Å²) in [6, 6.07) is 0. The van der Waals surface area contributed by atoms with Crippen LogP contribution in [-0.4, -0.2) is 17.1 Å². The van der Waals surface area contributed by atoms with E-state index in [0.717, 1.165) is 25.7 Å². The van der Waals surface area contributed by atoms with Gasteiger partial charge in [0.2, 0.25) is 0 Å². The second kappa shape index (κ2) is 30.7. The van der Waals surface area contributed by atoms with Gasteiger partial charge in [-0.1, -0.05) is 194 Å². The summed E-state index contributed by atoms with van der Waals surface area (Å²) in [5.41, 5.74) is 4.94. The van der Waals surface area contributed by atoms with Gasteiger partial charge in [0.05, 0.1) is 0 Å². The predicted octanol–water partition coefficient (Wildman–Crippen LogP) is 12.4. The third-order valence-electron chi connectivity index (χ3n) is 9.17. The van der Waals surface area contributed by atoms with Gasteiger partial charge in [0.1, 0.15) is 5.54 Å². The van der Waals surface area contributed by atoms with Crippen molar-refractivity contribution in [1.29, 1.82) is 0 Å². The molecule has 0 aromatic carbocycles. The largest absolute Gasteiger partial charge is 0.313 e. The molecule has 0 amide bonds. The summed E-state index contributed by atoms with van der Waals surface area (Å²) in [4.78, 5) is 25.3. The molecule has 2 N–H and O–H groups in total. The van der Waals surface area contributed by atoms with Crippen molar-refractivity contribution in [3.05, 3.63) is 0 Å². The Labute approximate surface area is 258 Å². The van der Waals surface area contributed by atoms with Crippen molar-refractivity contribution in [1.82, 2.24) is 0 Å². The highest BCUT2D eigenvalue weighted by Gasteiger charge is 2.34. The average Bonchev–Trinajstić information content (AvgIpc) is 2.96. The maximum Gasteiger partial charge on any atom is 0.159 e. The minimum atomic E-state index is -1.29. The molecular formula is C38H75NO2. The van der Waals surface area contributed by atoms with Crippen molar-refractivity contribution in [3.63, 3.8) is 0 Å². The van der Waals surface area contributed by atoms with Crippen LogP contribution in [0.5, 0.6) is 0 Å². The fourth-order valence-corrected chi connectivity index (χ4v) is 5.99. The molecule has 0 atom stereocenters. The third-order valence-corrected chi connectivity index (χ3v) is 9.17. The highest BCUT2D eigenvalue weighted by Crippen LogP contribution is 2.18. The van der Waals surface area contributed by atoms with E-state index >= 15 is 0 Å². The second-order valence-electron chi connectivity index (χ2n) is 13.4. The molecule has 0 aliphatic heterocycles. The first-order valence-corrected chi connectivity index (χ1v) is 18.8. The molecule has 0 fully saturated rings. The molecule has 0 spiro atoms. The summed E-state index contributed by atoms with van der Waals surface area (Å²) in [5, 5.41) is 0. The summed E-state index contributed by atoms with van der Waals surface area (Å²) in [6.45, 7) is 6.20. The summed E-state index contributed by atoms with van der Waals surface area (Å²) in [7, 11) is 0. The normalized spacial score (nSPS) is 11.8. The van der Waals surface area contributed by atoms with E-state index < -0.39 is 5.54 Å². The maximum atomic E-state index is 12.7. The Bertz CT molecular complexity index is 523. The molecule has 41 heavy (non-hydrogen) atoms. The topological polar surface area (TPSA) is 60.2 Å². The van der Waals surface area contributed by atoms with Gasteiger partial charge in [-0.3, -0.25) is 9.59 Å². The quantitative estimate of drug-likeness (QED) is 0.0611. The third kappa shape index (κ3) is 26.6. The van der Waals surface area contributed by atoms with E-state index in [4.69, 9.17) is 5.73 Å². The molecule has 0 saturated carbocycles. The van der Waals surface area contributed by atoms with Gasteiger partial charge in [-0.2, -0.15) is 0 Å². The van der Waals surface area contributed by atoms with Crippen molar-refractivity contribution in [3.8, 4) is 0 Å². The summed E-state index contributed by atoms with van der Waals surface area (Å²) in [5.74, 6) is -0.115. The lowest BCUT2D eigenvalue weighted by atomic mass is 9.86. The van der Waals surface area contributed by atoms with Gasteiger partial charge < -0.3 is 5.73 Å². The first-order valence-electron chi connectivity index (χ1n) is 18.8. The lowest BCUT2D eigenvalue weighted by Gasteiger charge is -2.21. The molecule has 0 saturated heterocycles. The number of nitrogens with two attached hydrogens (primary N) is 1. The van der Waals surface area contributed by atoms with Crippen LogP contribution >= 0.6 is 0 Å². The Balaban J connectivity index is 3.55. The van der Waals surface area contributed by atoms with Gasteiger partial charge in [0.15, 0.2) is 11.6 Å². The Morgan fingerprint density at radius 2 is 0.537 bits per heavy atom. The number of carbonyl (C=O) groups is 2. The molecule has 0 aromatic rings. The van der Waals surface area contributed by atoms with Crippen molar-refractivity contribution in [2.45, 2.75) is 232 Å². The fourth-order valence-electron chi connectivity index (χ4n) is 5.99. The van der Waals surface area contributed by atoms with E-state index in [2.05, 4.69) is 13.8 Å². The Morgan fingerprint density at radius 3 is 0.732 bits per heavy atom. The van der Waals surface area contributed by atoms with Gasteiger partial charge in [-0.25, -0.2) is 0 Å². The van der Waals surface area contributed by atoms with E-state index in [9.17, 15) is 9.59 Å². The standard InChI is InChI=1S/C38H75NO2/c1-4-6-8-10-12-14-16-18-20-22-24-26-28-30-32-34-36(40)38(3,39)37(41)35-33-31-29-27-25-23-21-19-17-15-13-11-9-7-5-2/h4-35,39H2,1-3H3. The Kier molecular flexibility index (Phi) is 30.2. The molecule has 244 valence electrons. The van der Waals surface area contributed by atoms with Crippen molar-refractivity contribution >= 4 is 11.6 Å². The number of ketones is 2. The first kappa shape index (κ1) is 40.3. The van der Waals surface area contributed by atoms with Crippen LogP contribution in [0.25, 0.3) is 0 Å². The second-order valence-corrected chi connectivity index (χ2v) is 13.4. The SMILES string of the molecule is CCCCCCCCCCCCCCCCCC(=O)C(C)(N)C(=O)CCCCCCCCCCCCCCCCC.